The lowest BCUT2D eigenvalue weighted by Crippen LogP contribution is -2.46. The summed E-state index contributed by atoms with van der Waals surface area (Å²) < 4.78 is 5.78. The highest BCUT2D eigenvalue weighted by Crippen LogP contribution is 2.27. The Bertz CT molecular complexity index is 798. The summed E-state index contributed by atoms with van der Waals surface area (Å²) in [6.07, 6.45) is 2.89. The van der Waals surface area contributed by atoms with Gasteiger partial charge in [-0.3, -0.25) is 9.59 Å². The Morgan fingerprint density at radius 3 is 2.57 bits per heavy atom. The van der Waals surface area contributed by atoms with Crippen LogP contribution in [0.1, 0.15) is 12.8 Å². The van der Waals surface area contributed by atoms with Crippen molar-refractivity contribution in [1.82, 2.24) is 5.32 Å². The Hall–Kier alpha value is -2.51. The second-order valence-electron chi connectivity index (χ2n) is 6.71. The minimum atomic E-state index is -0.536. The second kappa shape index (κ2) is 9.61. The molecule has 148 valence electrons. The maximum absolute atomic E-state index is 12.4. The predicted molar refractivity (Wildman–Crippen MR) is 113 cm³/mol. The zero-order chi connectivity index (χ0) is 19.9. The lowest BCUT2D eigenvalue weighted by atomic mass is 10.2. The Labute approximate surface area is 169 Å². The van der Waals surface area contributed by atoms with E-state index in [1.54, 1.807) is 16.7 Å². The van der Waals surface area contributed by atoms with Crippen molar-refractivity contribution in [2.45, 2.75) is 24.9 Å². The molecule has 0 bridgehead atoms. The van der Waals surface area contributed by atoms with Crippen molar-refractivity contribution in [3.8, 4) is 11.5 Å². The molecular formula is C21H25N3O3S. The topological polar surface area (TPSA) is 84.7 Å². The van der Waals surface area contributed by atoms with E-state index in [4.69, 9.17) is 10.5 Å². The van der Waals surface area contributed by atoms with Crippen LogP contribution in [0.5, 0.6) is 11.5 Å². The van der Waals surface area contributed by atoms with E-state index in [2.05, 4.69) is 5.32 Å². The van der Waals surface area contributed by atoms with Gasteiger partial charge in [-0.1, -0.05) is 18.2 Å². The van der Waals surface area contributed by atoms with Gasteiger partial charge in [0.15, 0.2) is 0 Å². The molecular weight excluding hydrogens is 374 g/mol. The molecule has 1 unspecified atom stereocenters. The minimum absolute atomic E-state index is 0.0142. The summed E-state index contributed by atoms with van der Waals surface area (Å²) >= 11 is 1.66. The van der Waals surface area contributed by atoms with Gasteiger partial charge in [0.2, 0.25) is 11.8 Å². The number of rotatable bonds is 8. The maximum atomic E-state index is 12.4. The number of amides is 2. The lowest BCUT2D eigenvalue weighted by molar-refractivity contribution is -0.123. The first-order valence-electron chi connectivity index (χ1n) is 9.25. The second-order valence-corrected chi connectivity index (χ2v) is 7.70. The summed E-state index contributed by atoms with van der Waals surface area (Å²) in [7, 11) is 0. The van der Waals surface area contributed by atoms with Gasteiger partial charge < -0.3 is 20.7 Å². The molecule has 28 heavy (non-hydrogen) atoms. The number of benzene rings is 2. The number of thioether (sulfide) groups is 1. The molecule has 1 aliphatic heterocycles. The molecule has 1 aliphatic rings. The summed E-state index contributed by atoms with van der Waals surface area (Å²) in [5, 5.41) is 2.90. The quantitative estimate of drug-likeness (QED) is 0.713. The average molecular weight is 400 g/mol. The number of carbonyl (C=O) groups excluding carboxylic acids is 2. The Morgan fingerprint density at radius 2 is 1.89 bits per heavy atom. The smallest absolute Gasteiger partial charge is 0.237 e. The fraction of sp³-hybridized carbons (Fsp3) is 0.333. The molecule has 0 saturated carbocycles. The number of nitrogens with one attached hydrogen (secondary N) is 1. The number of nitrogens with two attached hydrogens (primary N) is 1. The number of hydrogen-bond donors (Lipinski definition) is 2. The van der Waals surface area contributed by atoms with Crippen LogP contribution in [0, 0.1) is 0 Å². The lowest BCUT2D eigenvalue weighted by Gasteiger charge is -2.19. The molecule has 2 atom stereocenters. The summed E-state index contributed by atoms with van der Waals surface area (Å²) in [6, 6.07) is 16.1. The van der Waals surface area contributed by atoms with Gasteiger partial charge in [0.05, 0.1) is 12.1 Å². The van der Waals surface area contributed by atoms with E-state index in [0.717, 1.165) is 17.2 Å². The third-order valence-corrected chi connectivity index (χ3v) is 5.21. The summed E-state index contributed by atoms with van der Waals surface area (Å²) in [6.45, 7) is 0.443. The fourth-order valence-corrected chi connectivity index (χ4v) is 3.55. The number of nitrogens with zero attached hydrogens (tertiary/aromatic N) is 1. The van der Waals surface area contributed by atoms with E-state index >= 15 is 0 Å². The normalized spacial score (nSPS) is 17.4. The van der Waals surface area contributed by atoms with Gasteiger partial charge in [-0.25, -0.2) is 0 Å². The van der Waals surface area contributed by atoms with Gasteiger partial charge in [-0.05, 0) is 54.8 Å². The van der Waals surface area contributed by atoms with E-state index in [1.165, 1.54) is 0 Å². The summed E-state index contributed by atoms with van der Waals surface area (Å²) in [5.41, 5.74) is 6.69. The van der Waals surface area contributed by atoms with Crippen LogP contribution in [0.2, 0.25) is 0 Å². The molecule has 7 heteroatoms. The SMILES string of the molecule is CSCC[C@H](N)C(=O)NC1CC(=O)N(c2ccc(Oc3ccccc3)cc2)C1. The summed E-state index contributed by atoms with van der Waals surface area (Å²) in [5.74, 6) is 2.08. The van der Waals surface area contributed by atoms with E-state index in [-0.39, 0.29) is 24.3 Å². The number of ether oxygens (including phenoxy) is 1. The Balaban J connectivity index is 1.57. The van der Waals surface area contributed by atoms with Crippen LogP contribution < -0.4 is 20.7 Å². The van der Waals surface area contributed by atoms with Crippen LogP contribution >= 0.6 is 11.8 Å². The Morgan fingerprint density at radius 1 is 1.21 bits per heavy atom. The van der Waals surface area contributed by atoms with Gasteiger partial charge in [0, 0.05) is 18.7 Å². The van der Waals surface area contributed by atoms with E-state index in [9.17, 15) is 9.59 Å². The molecule has 6 nitrogen and oxygen atoms in total. The van der Waals surface area contributed by atoms with Crippen molar-refractivity contribution in [2.24, 2.45) is 5.73 Å². The van der Waals surface area contributed by atoms with Crippen molar-refractivity contribution >= 4 is 29.3 Å². The maximum Gasteiger partial charge on any atom is 0.237 e. The van der Waals surface area contributed by atoms with Crippen LogP contribution in [0.3, 0.4) is 0 Å². The van der Waals surface area contributed by atoms with Crippen LogP contribution in [-0.4, -0.2) is 42.5 Å². The molecule has 3 rings (SSSR count). The van der Waals surface area contributed by atoms with Crippen LogP contribution in [-0.2, 0) is 9.59 Å². The molecule has 2 aromatic carbocycles. The van der Waals surface area contributed by atoms with E-state index in [0.29, 0.717) is 18.7 Å². The highest BCUT2D eigenvalue weighted by molar-refractivity contribution is 7.98. The van der Waals surface area contributed by atoms with Crippen LogP contribution in [0.15, 0.2) is 54.6 Å². The molecule has 0 aliphatic carbocycles. The highest BCUT2D eigenvalue weighted by Gasteiger charge is 2.32. The molecule has 3 N–H and O–H groups in total. The fourth-order valence-electron chi connectivity index (χ4n) is 3.06. The van der Waals surface area contributed by atoms with Gasteiger partial charge in [-0.2, -0.15) is 11.8 Å². The predicted octanol–water partition coefficient (Wildman–Crippen LogP) is 2.78. The molecule has 1 fully saturated rings. The first-order chi connectivity index (χ1) is 13.6. The molecule has 2 aromatic rings. The van der Waals surface area contributed by atoms with Crippen molar-refractivity contribution in [2.75, 3.05) is 23.5 Å². The van der Waals surface area contributed by atoms with Gasteiger partial charge in [-0.15, -0.1) is 0 Å². The zero-order valence-corrected chi connectivity index (χ0v) is 16.7. The number of hydrogen-bond acceptors (Lipinski definition) is 5. The average Bonchev–Trinajstić information content (AvgIpc) is 3.07. The molecule has 0 spiro atoms. The standard InChI is InChI=1S/C21H25N3O3S/c1-28-12-11-19(22)21(26)23-15-13-20(25)24(14-15)16-7-9-18(10-8-16)27-17-5-3-2-4-6-17/h2-10,15,19H,11-14,22H2,1H3,(H,23,26)/t15?,19-/m0/s1. The largest absolute Gasteiger partial charge is 0.457 e. The molecule has 1 heterocycles. The van der Waals surface area contributed by atoms with Crippen molar-refractivity contribution in [1.29, 1.82) is 0 Å². The van der Waals surface area contributed by atoms with Crippen molar-refractivity contribution in [3.63, 3.8) is 0 Å². The molecule has 0 radical (unpaired) electrons. The summed E-state index contributed by atoms with van der Waals surface area (Å²) in [4.78, 5) is 26.3. The van der Waals surface area contributed by atoms with Crippen molar-refractivity contribution < 1.29 is 14.3 Å². The van der Waals surface area contributed by atoms with E-state index in [1.807, 2.05) is 60.9 Å². The van der Waals surface area contributed by atoms with Gasteiger partial charge >= 0.3 is 0 Å². The monoisotopic (exact) mass is 399 g/mol. The van der Waals surface area contributed by atoms with Crippen molar-refractivity contribution in [3.05, 3.63) is 54.6 Å². The molecule has 1 saturated heterocycles. The van der Waals surface area contributed by atoms with Gasteiger partial charge in [0.25, 0.3) is 0 Å². The van der Waals surface area contributed by atoms with Crippen LogP contribution in [0.25, 0.3) is 0 Å². The third kappa shape index (κ3) is 5.27. The number of carbonyl (C=O) groups is 2. The highest BCUT2D eigenvalue weighted by atomic mass is 32.2. The first-order valence-corrected chi connectivity index (χ1v) is 10.6. The van der Waals surface area contributed by atoms with E-state index < -0.39 is 6.04 Å². The minimum Gasteiger partial charge on any atom is -0.457 e. The number of anilines is 1. The first kappa shape index (κ1) is 20.2. The van der Waals surface area contributed by atoms with Gasteiger partial charge in [0.1, 0.15) is 11.5 Å². The van der Waals surface area contributed by atoms with Crippen LogP contribution in [0.4, 0.5) is 5.69 Å². The molecule has 0 aromatic heterocycles. The molecule has 2 amide bonds. The third-order valence-electron chi connectivity index (χ3n) is 4.57. The zero-order valence-electron chi connectivity index (χ0n) is 15.8. The number of para-hydroxylation sites is 1. The Kier molecular flexibility index (Phi) is 6.95.